The zero-order valence-corrected chi connectivity index (χ0v) is 6.04. The van der Waals surface area contributed by atoms with Crippen LogP contribution in [0.3, 0.4) is 0 Å². The second kappa shape index (κ2) is 7.00. The molecular weight excluding hydrogens is 96.1 g/mol. The molecule has 0 aromatic carbocycles. The molecule has 0 saturated carbocycles. The molecule has 0 spiro atoms. The summed E-state index contributed by atoms with van der Waals surface area (Å²) in [5, 5.41) is 0. The zero-order valence-electron chi connectivity index (χ0n) is 6.04. The lowest BCUT2D eigenvalue weighted by Gasteiger charge is -1.92. The van der Waals surface area contributed by atoms with E-state index < -0.39 is 0 Å². The lowest BCUT2D eigenvalue weighted by Crippen LogP contribution is -1.75. The standard InChI is InChI=1S/C8H16/c1-3-5-7-8-6-4-2/h3-7H2,1-2H3. The predicted octanol–water partition coefficient (Wildman–Crippen LogP) is 3.06. The van der Waals surface area contributed by atoms with Crippen molar-refractivity contribution in [3.8, 4) is 0 Å². The Bertz CT molecular complexity index is 25.0. The summed E-state index contributed by atoms with van der Waals surface area (Å²) in [7, 11) is 0. The highest BCUT2D eigenvalue weighted by Crippen LogP contribution is 2.01. The summed E-state index contributed by atoms with van der Waals surface area (Å²) < 4.78 is 0. The van der Waals surface area contributed by atoms with Crippen LogP contribution in [0.4, 0.5) is 0 Å². The van der Waals surface area contributed by atoms with Gasteiger partial charge in [-0.1, -0.05) is 33.1 Å². The molecule has 0 rings (SSSR count). The third-order valence-corrected chi connectivity index (χ3v) is 1.13. The van der Waals surface area contributed by atoms with Gasteiger partial charge in [0.2, 0.25) is 0 Å². The molecule has 0 bridgehead atoms. The summed E-state index contributed by atoms with van der Waals surface area (Å²) in [6, 6.07) is 0. The van der Waals surface area contributed by atoms with E-state index in [1.807, 2.05) is 0 Å². The van der Waals surface area contributed by atoms with Crippen LogP contribution in [-0.2, 0) is 0 Å². The monoisotopic (exact) mass is 112 g/mol. The van der Waals surface area contributed by atoms with Gasteiger partial charge in [0.1, 0.15) is 0 Å². The fourth-order valence-electron chi connectivity index (χ4n) is 0.604. The summed E-state index contributed by atoms with van der Waals surface area (Å²) in [5.74, 6) is 0. The number of hydrogen-bond acceptors (Lipinski definition) is 0. The van der Waals surface area contributed by atoms with Gasteiger partial charge in [0, 0.05) is 0 Å². The van der Waals surface area contributed by atoms with Gasteiger partial charge < -0.3 is 0 Å². The number of rotatable bonds is 5. The van der Waals surface area contributed by atoms with E-state index in [0.717, 1.165) is 0 Å². The van der Waals surface area contributed by atoms with Crippen molar-refractivity contribution in [1.82, 2.24) is 0 Å². The smallest absolute Gasteiger partial charge is 0.0174 e. The van der Waals surface area contributed by atoms with Crippen molar-refractivity contribution in [3.05, 3.63) is 6.42 Å². The maximum atomic E-state index is 3.34. The minimum atomic E-state index is 1.18. The van der Waals surface area contributed by atoms with Gasteiger partial charge in [0.15, 0.2) is 0 Å². The Morgan fingerprint density at radius 2 is 1.75 bits per heavy atom. The molecule has 0 atom stereocenters. The van der Waals surface area contributed by atoms with Crippen molar-refractivity contribution in [2.75, 3.05) is 0 Å². The van der Waals surface area contributed by atoms with Gasteiger partial charge in [0.25, 0.3) is 0 Å². The Morgan fingerprint density at radius 3 is 2.25 bits per heavy atom. The van der Waals surface area contributed by atoms with E-state index in [0.29, 0.717) is 0 Å². The Balaban J connectivity index is 2.53. The van der Waals surface area contributed by atoms with Gasteiger partial charge in [0.05, 0.1) is 0 Å². The molecule has 0 aromatic rings. The number of unbranched alkanes of at least 4 members (excludes halogenated alkanes) is 5. The zero-order chi connectivity index (χ0) is 6.24. The third-order valence-electron chi connectivity index (χ3n) is 1.13. The normalized spacial score (nSPS) is 9.75. The van der Waals surface area contributed by atoms with E-state index in [4.69, 9.17) is 0 Å². The molecule has 0 nitrogen and oxygen atoms in total. The molecule has 0 aliphatic rings. The predicted molar refractivity (Wildman–Crippen MR) is 37.7 cm³/mol. The Kier molecular flexibility index (Phi) is 7.00. The van der Waals surface area contributed by atoms with Crippen LogP contribution in [0.15, 0.2) is 0 Å². The first-order valence-electron chi connectivity index (χ1n) is 3.62. The van der Waals surface area contributed by atoms with Crippen LogP contribution >= 0.6 is 0 Å². The van der Waals surface area contributed by atoms with Crippen molar-refractivity contribution in [3.63, 3.8) is 0 Å². The lowest BCUT2D eigenvalue weighted by atomic mass is 10.1. The molecule has 0 aliphatic heterocycles. The highest BCUT2D eigenvalue weighted by atomic mass is 13.9. The SMILES string of the molecule is CCC[C]CCCC. The fraction of sp³-hybridized carbons (Fsp3) is 0.875. The van der Waals surface area contributed by atoms with Gasteiger partial charge in [-0.3, -0.25) is 0 Å². The van der Waals surface area contributed by atoms with Crippen molar-refractivity contribution < 1.29 is 0 Å². The molecule has 0 fully saturated rings. The average molecular weight is 112 g/mol. The third kappa shape index (κ3) is 6.00. The Hall–Kier alpha value is 0. The molecule has 0 unspecified atom stereocenters. The first kappa shape index (κ1) is 8.00. The molecule has 0 heteroatoms. The quantitative estimate of drug-likeness (QED) is 0.479. The van der Waals surface area contributed by atoms with Crippen LogP contribution in [0.2, 0.25) is 0 Å². The summed E-state index contributed by atoms with van der Waals surface area (Å²) in [4.78, 5) is 0. The topological polar surface area (TPSA) is 0 Å². The highest BCUT2D eigenvalue weighted by molar-refractivity contribution is 4.61. The largest absolute Gasteiger partial charge is 0.0654 e. The van der Waals surface area contributed by atoms with Crippen molar-refractivity contribution in [2.45, 2.75) is 46.0 Å². The minimum Gasteiger partial charge on any atom is -0.0654 e. The van der Waals surface area contributed by atoms with Crippen LogP contribution in [0.1, 0.15) is 46.0 Å². The van der Waals surface area contributed by atoms with Crippen LogP contribution in [0, 0.1) is 6.42 Å². The van der Waals surface area contributed by atoms with Crippen LogP contribution in [-0.4, -0.2) is 0 Å². The molecule has 8 heavy (non-hydrogen) atoms. The van der Waals surface area contributed by atoms with Crippen LogP contribution in [0.5, 0.6) is 0 Å². The molecule has 0 amide bonds. The first-order chi connectivity index (χ1) is 3.91. The summed E-state index contributed by atoms with van der Waals surface area (Å²) in [6.45, 7) is 4.41. The Morgan fingerprint density at radius 1 is 1.00 bits per heavy atom. The van der Waals surface area contributed by atoms with E-state index in [1.165, 1.54) is 32.1 Å². The molecular formula is C8H16. The molecule has 48 valence electrons. The van der Waals surface area contributed by atoms with Crippen LogP contribution in [0.25, 0.3) is 0 Å². The maximum Gasteiger partial charge on any atom is -0.0174 e. The van der Waals surface area contributed by atoms with Crippen molar-refractivity contribution in [2.24, 2.45) is 0 Å². The van der Waals surface area contributed by atoms with E-state index >= 15 is 0 Å². The van der Waals surface area contributed by atoms with Crippen molar-refractivity contribution in [1.29, 1.82) is 0 Å². The molecule has 0 aromatic heterocycles. The van der Waals surface area contributed by atoms with Gasteiger partial charge in [-0.15, -0.1) is 0 Å². The molecule has 2 radical (unpaired) electrons. The second-order valence-corrected chi connectivity index (χ2v) is 2.10. The van der Waals surface area contributed by atoms with Gasteiger partial charge in [-0.25, -0.2) is 0 Å². The van der Waals surface area contributed by atoms with Crippen molar-refractivity contribution >= 4 is 0 Å². The van der Waals surface area contributed by atoms with Gasteiger partial charge >= 0.3 is 0 Å². The summed E-state index contributed by atoms with van der Waals surface area (Å²) >= 11 is 0. The molecule has 0 N–H and O–H groups in total. The van der Waals surface area contributed by atoms with E-state index in [-0.39, 0.29) is 0 Å². The molecule has 0 heterocycles. The first-order valence-corrected chi connectivity index (χ1v) is 3.62. The van der Waals surface area contributed by atoms with E-state index in [1.54, 1.807) is 0 Å². The second-order valence-electron chi connectivity index (χ2n) is 2.10. The Labute approximate surface area is 53.3 Å². The van der Waals surface area contributed by atoms with Gasteiger partial charge in [-0.2, -0.15) is 0 Å². The molecule has 0 saturated heterocycles. The lowest BCUT2D eigenvalue weighted by molar-refractivity contribution is 0.737. The highest BCUT2D eigenvalue weighted by Gasteiger charge is 1.84. The van der Waals surface area contributed by atoms with E-state index in [9.17, 15) is 0 Å². The molecule has 0 aliphatic carbocycles. The maximum absolute atomic E-state index is 3.34. The fourth-order valence-corrected chi connectivity index (χ4v) is 0.604. The minimum absolute atomic E-state index is 1.18. The average Bonchev–Trinajstić information content (AvgIpc) is 1.81. The number of hydrogen-bond donors (Lipinski definition) is 0. The summed E-state index contributed by atoms with van der Waals surface area (Å²) in [6.07, 6.45) is 9.59. The van der Waals surface area contributed by atoms with Gasteiger partial charge in [-0.05, 0) is 19.3 Å². The van der Waals surface area contributed by atoms with Crippen LogP contribution < -0.4 is 0 Å². The van der Waals surface area contributed by atoms with E-state index in [2.05, 4.69) is 20.3 Å². The summed E-state index contributed by atoms with van der Waals surface area (Å²) in [5.41, 5.74) is 0.